The van der Waals surface area contributed by atoms with Gasteiger partial charge in [-0.2, -0.15) is 13.2 Å². The Labute approximate surface area is 212 Å². The molecule has 0 bridgehead atoms. The van der Waals surface area contributed by atoms with Crippen LogP contribution in [0.1, 0.15) is 21.5 Å². The van der Waals surface area contributed by atoms with Crippen LogP contribution in [0.3, 0.4) is 0 Å². The third-order valence-corrected chi connectivity index (χ3v) is 7.15. The number of hydrogen-bond donors (Lipinski definition) is 3. The van der Waals surface area contributed by atoms with E-state index in [1.54, 1.807) is 30.3 Å². The Kier molecular flexibility index (Phi) is 7.28. The molecule has 0 aliphatic carbocycles. The summed E-state index contributed by atoms with van der Waals surface area (Å²) in [5.41, 5.74) is -0.828. The van der Waals surface area contributed by atoms with Gasteiger partial charge in [-0.15, -0.1) is 11.8 Å². The number of halogens is 3. The Balaban J connectivity index is 1.44. The van der Waals surface area contributed by atoms with Crippen LogP contribution in [-0.2, 0) is 27.0 Å². The number of hydroxylamine groups is 2. The van der Waals surface area contributed by atoms with E-state index < -0.39 is 59.1 Å². The SMILES string of the molecule is O=C(Cc1ccccc1)N[C@@H]1C(=O)N2C(C(=O)O)=C(CN(O)C(=O)c3ccc(C(F)(F)F)cc3)CSC12. The van der Waals surface area contributed by atoms with Crippen LogP contribution in [-0.4, -0.2) is 67.7 Å². The van der Waals surface area contributed by atoms with Gasteiger partial charge in [0.15, 0.2) is 0 Å². The Morgan fingerprint density at radius 2 is 1.73 bits per heavy atom. The Bertz CT molecular complexity index is 1270. The number of carboxylic acids is 1. The number of amides is 3. The minimum Gasteiger partial charge on any atom is -0.477 e. The number of aliphatic carboxylic acids is 1. The first-order valence-electron chi connectivity index (χ1n) is 10.9. The predicted octanol–water partition coefficient (Wildman–Crippen LogP) is 2.52. The second kappa shape index (κ2) is 10.3. The van der Waals surface area contributed by atoms with Crippen molar-refractivity contribution in [3.05, 3.63) is 82.6 Å². The fourth-order valence-electron chi connectivity index (χ4n) is 4.01. The molecule has 2 heterocycles. The van der Waals surface area contributed by atoms with Gasteiger partial charge in [-0.05, 0) is 35.4 Å². The van der Waals surface area contributed by atoms with Gasteiger partial charge in [0.05, 0.1) is 18.5 Å². The van der Waals surface area contributed by atoms with E-state index in [4.69, 9.17) is 0 Å². The van der Waals surface area contributed by atoms with E-state index in [1.165, 1.54) is 0 Å². The number of rotatable bonds is 7. The molecule has 2 aromatic carbocycles. The van der Waals surface area contributed by atoms with Crippen molar-refractivity contribution >= 4 is 35.5 Å². The summed E-state index contributed by atoms with van der Waals surface area (Å²) in [7, 11) is 0. The highest BCUT2D eigenvalue weighted by molar-refractivity contribution is 8.00. The van der Waals surface area contributed by atoms with Gasteiger partial charge in [-0.3, -0.25) is 24.5 Å². The van der Waals surface area contributed by atoms with Crippen LogP contribution in [0, 0.1) is 0 Å². The van der Waals surface area contributed by atoms with E-state index in [9.17, 15) is 42.7 Å². The van der Waals surface area contributed by atoms with Gasteiger partial charge in [-0.25, -0.2) is 9.86 Å². The lowest BCUT2D eigenvalue weighted by atomic mass is 10.0. The van der Waals surface area contributed by atoms with Crippen LogP contribution in [0.5, 0.6) is 0 Å². The average molecular weight is 536 g/mol. The quantitative estimate of drug-likeness (QED) is 0.283. The zero-order chi connectivity index (χ0) is 26.9. The Hall–Kier alpha value is -3.84. The number of carbonyl (C=O) groups excluding carboxylic acids is 3. The van der Waals surface area contributed by atoms with E-state index >= 15 is 0 Å². The largest absolute Gasteiger partial charge is 0.477 e. The number of alkyl halides is 3. The van der Waals surface area contributed by atoms with Crippen LogP contribution in [0.25, 0.3) is 0 Å². The second-order valence-corrected chi connectivity index (χ2v) is 9.42. The fraction of sp³-hybridized carbons (Fsp3) is 0.250. The lowest BCUT2D eigenvalue weighted by Crippen LogP contribution is -2.70. The van der Waals surface area contributed by atoms with Gasteiger partial charge >= 0.3 is 12.1 Å². The molecule has 1 fully saturated rings. The summed E-state index contributed by atoms with van der Waals surface area (Å²) >= 11 is 1.15. The van der Waals surface area contributed by atoms with E-state index in [1.807, 2.05) is 0 Å². The van der Waals surface area contributed by atoms with Gasteiger partial charge in [0.25, 0.3) is 11.8 Å². The zero-order valence-corrected chi connectivity index (χ0v) is 19.8. The lowest BCUT2D eigenvalue weighted by molar-refractivity contribution is -0.150. The standard InChI is InChI=1S/C24H20F3N3O6S/c25-24(26,27)16-8-6-14(7-9-16)20(32)29(36)11-15-12-37-22-18(21(33)30(22)19(15)23(34)35)28-17(31)10-13-4-2-1-3-5-13/h1-9,18,22,36H,10-12H2,(H,28,31)(H,34,35)/t18-,22?/m1/s1. The maximum absolute atomic E-state index is 12.8. The molecule has 1 saturated heterocycles. The average Bonchev–Trinajstić information content (AvgIpc) is 2.86. The van der Waals surface area contributed by atoms with Crippen molar-refractivity contribution < 1.29 is 42.7 Å². The molecule has 0 aromatic heterocycles. The first kappa shape index (κ1) is 26.2. The van der Waals surface area contributed by atoms with Crippen LogP contribution >= 0.6 is 11.8 Å². The van der Waals surface area contributed by atoms with Crippen molar-refractivity contribution in [3.63, 3.8) is 0 Å². The number of thioether (sulfide) groups is 1. The lowest BCUT2D eigenvalue weighted by Gasteiger charge is -2.49. The molecular formula is C24H20F3N3O6S. The van der Waals surface area contributed by atoms with Gasteiger partial charge in [0, 0.05) is 11.3 Å². The van der Waals surface area contributed by atoms with E-state index in [0.717, 1.165) is 34.4 Å². The summed E-state index contributed by atoms with van der Waals surface area (Å²) in [6.45, 7) is -0.587. The number of nitrogens with one attached hydrogen (secondary N) is 1. The highest BCUT2D eigenvalue weighted by atomic mass is 32.2. The third-order valence-electron chi connectivity index (χ3n) is 5.81. The number of fused-ring (bicyclic) bond motifs is 1. The van der Waals surface area contributed by atoms with Crippen molar-refractivity contribution in [2.24, 2.45) is 0 Å². The third kappa shape index (κ3) is 5.47. The summed E-state index contributed by atoms with van der Waals surface area (Å²) < 4.78 is 38.2. The number of β-lactam (4-membered cyclic amide) rings is 1. The van der Waals surface area contributed by atoms with Crippen LogP contribution in [0.4, 0.5) is 13.2 Å². The van der Waals surface area contributed by atoms with Gasteiger partial charge < -0.3 is 10.4 Å². The summed E-state index contributed by atoms with van der Waals surface area (Å²) in [6, 6.07) is 11.1. The molecule has 13 heteroatoms. The normalized spacial score (nSPS) is 19.1. The van der Waals surface area contributed by atoms with Gasteiger partial charge in [0.1, 0.15) is 17.1 Å². The highest BCUT2D eigenvalue weighted by Crippen LogP contribution is 2.40. The molecule has 1 unspecified atom stereocenters. The molecule has 3 N–H and O–H groups in total. The molecule has 194 valence electrons. The number of carbonyl (C=O) groups is 4. The molecule has 2 aliphatic rings. The zero-order valence-electron chi connectivity index (χ0n) is 18.9. The maximum atomic E-state index is 12.8. The monoisotopic (exact) mass is 535 g/mol. The van der Waals surface area contributed by atoms with Crippen molar-refractivity contribution in [2.45, 2.75) is 24.0 Å². The van der Waals surface area contributed by atoms with Crippen molar-refractivity contribution in [1.82, 2.24) is 15.3 Å². The summed E-state index contributed by atoms with van der Waals surface area (Å²) in [4.78, 5) is 50.6. The van der Waals surface area contributed by atoms with Crippen LogP contribution < -0.4 is 5.32 Å². The first-order valence-corrected chi connectivity index (χ1v) is 11.9. The molecule has 2 aliphatic heterocycles. The molecular weight excluding hydrogens is 515 g/mol. The van der Waals surface area contributed by atoms with Gasteiger partial charge in [0.2, 0.25) is 5.91 Å². The molecule has 2 aromatic rings. The van der Waals surface area contributed by atoms with Crippen molar-refractivity contribution in [1.29, 1.82) is 0 Å². The Morgan fingerprint density at radius 3 is 2.32 bits per heavy atom. The molecule has 3 amide bonds. The second-order valence-electron chi connectivity index (χ2n) is 8.31. The highest BCUT2D eigenvalue weighted by Gasteiger charge is 2.54. The van der Waals surface area contributed by atoms with E-state index in [-0.39, 0.29) is 28.4 Å². The number of carboxylic acid groups (broad SMARTS) is 1. The van der Waals surface area contributed by atoms with Crippen molar-refractivity contribution in [2.75, 3.05) is 12.3 Å². The number of nitrogens with zero attached hydrogens (tertiary/aromatic N) is 2. The van der Waals surface area contributed by atoms with Gasteiger partial charge in [-0.1, -0.05) is 30.3 Å². The minimum atomic E-state index is -4.60. The molecule has 9 nitrogen and oxygen atoms in total. The molecule has 0 saturated carbocycles. The van der Waals surface area contributed by atoms with E-state index in [0.29, 0.717) is 12.1 Å². The summed E-state index contributed by atoms with van der Waals surface area (Å²) in [5, 5.41) is 22.1. The first-order chi connectivity index (χ1) is 17.5. The van der Waals surface area contributed by atoms with Crippen LogP contribution in [0.15, 0.2) is 65.9 Å². The van der Waals surface area contributed by atoms with Crippen molar-refractivity contribution in [3.8, 4) is 0 Å². The maximum Gasteiger partial charge on any atom is 0.416 e. The molecule has 0 spiro atoms. The molecule has 37 heavy (non-hydrogen) atoms. The summed E-state index contributed by atoms with van der Waals surface area (Å²) in [5.74, 6) is -3.53. The summed E-state index contributed by atoms with van der Waals surface area (Å²) in [6.07, 6.45) is -4.55. The smallest absolute Gasteiger partial charge is 0.416 e. The topological polar surface area (TPSA) is 127 Å². The number of benzene rings is 2. The minimum absolute atomic E-state index is 0.0263. The molecule has 0 radical (unpaired) electrons. The molecule has 2 atom stereocenters. The Morgan fingerprint density at radius 1 is 1.08 bits per heavy atom. The van der Waals surface area contributed by atoms with Crippen LogP contribution in [0.2, 0.25) is 0 Å². The fourth-order valence-corrected chi connectivity index (χ4v) is 5.35. The predicted molar refractivity (Wildman–Crippen MR) is 124 cm³/mol. The van der Waals surface area contributed by atoms with E-state index in [2.05, 4.69) is 5.32 Å². The molecule has 4 rings (SSSR count). The number of hydrogen-bond acceptors (Lipinski definition) is 6.